The molecule has 1 saturated heterocycles. The van der Waals surface area contributed by atoms with E-state index in [-0.39, 0.29) is 30.8 Å². The topological polar surface area (TPSA) is 83.9 Å². The van der Waals surface area contributed by atoms with Gasteiger partial charge in [0, 0.05) is 43.5 Å². The summed E-state index contributed by atoms with van der Waals surface area (Å²) in [4.78, 5) is 19.1. The number of aliphatic hydroxyl groups is 1. The van der Waals surface area contributed by atoms with E-state index in [0.29, 0.717) is 18.5 Å². The lowest BCUT2D eigenvalue weighted by Crippen LogP contribution is -2.38. The lowest BCUT2D eigenvalue weighted by Gasteiger charge is -2.39. The van der Waals surface area contributed by atoms with Crippen molar-refractivity contribution in [2.75, 3.05) is 13.6 Å². The number of aliphatic hydroxyl groups excluding tert-OH is 1. The standard InChI is InChI=1S/C44H43N3O4/c1-30(36-22-17-32-8-3-4-9-37(32)24-36)47(2)28-40-25-42(34-15-13-31(29-48)14-16-34)51-44(50-40)35-20-18-33(19-21-35)41-12-6-5-10-38(41)27-46-43(49)39-11-7-23-45-26-39/h3-24,26,30,40,42,44,48H,25,27-29H2,1-2H3,(H,46,49)/t30-,40-,42+,44+/m1/s1. The number of likely N-dealkylation sites (N-methyl/N-ethyl adjacent to an activating group) is 1. The fourth-order valence-corrected chi connectivity index (χ4v) is 6.78. The molecule has 0 saturated carbocycles. The van der Waals surface area contributed by atoms with Crippen LogP contribution >= 0.6 is 0 Å². The Balaban J connectivity index is 1.09. The van der Waals surface area contributed by atoms with Crippen LogP contribution < -0.4 is 5.32 Å². The van der Waals surface area contributed by atoms with Crippen LogP contribution in [0.15, 0.2) is 140 Å². The third kappa shape index (κ3) is 8.08. The molecule has 1 fully saturated rings. The van der Waals surface area contributed by atoms with Gasteiger partial charge >= 0.3 is 0 Å². The molecule has 0 aliphatic carbocycles. The van der Waals surface area contributed by atoms with Gasteiger partial charge in [-0.05, 0) is 76.3 Å². The largest absolute Gasteiger partial charge is 0.392 e. The monoisotopic (exact) mass is 677 g/mol. The predicted molar refractivity (Wildman–Crippen MR) is 201 cm³/mol. The minimum atomic E-state index is -0.557. The SMILES string of the molecule is C[C@H](c1ccc2ccccc2c1)N(C)C[C@H]1C[C@@H](c2ccc(CO)cc2)O[C@@H](c2ccc(-c3ccccc3CNC(=O)c3cccnc3)cc2)O1. The van der Waals surface area contributed by atoms with E-state index >= 15 is 0 Å². The highest BCUT2D eigenvalue weighted by molar-refractivity contribution is 5.93. The Kier molecular flexibility index (Phi) is 10.6. The van der Waals surface area contributed by atoms with Crippen LogP contribution in [0.1, 0.15) is 70.0 Å². The predicted octanol–water partition coefficient (Wildman–Crippen LogP) is 8.56. The number of rotatable bonds is 11. The van der Waals surface area contributed by atoms with E-state index in [1.165, 1.54) is 16.3 Å². The first kappa shape index (κ1) is 34.3. The lowest BCUT2D eigenvalue weighted by atomic mass is 9.97. The van der Waals surface area contributed by atoms with Gasteiger partial charge in [0.05, 0.1) is 24.4 Å². The number of carbonyl (C=O) groups excluding carboxylic acids is 1. The molecule has 0 radical (unpaired) electrons. The molecule has 258 valence electrons. The smallest absolute Gasteiger partial charge is 0.253 e. The number of nitrogens with one attached hydrogen (secondary N) is 1. The van der Waals surface area contributed by atoms with E-state index in [1.807, 2.05) is 42.5 Å². The summed E-state index contributed by atoms with van der Waals surface area (Å²) in [6.45, 7) is 3.37. The number of fused-ring (bicyclic) bond motifs is 1. The zero-order chi connectivity index (χ0) is 35.2. The number of pyridine rings is 1. The Labute approximate surface area is 299 Å². The van der Waals surface area contributed by atoms with Gasteiger partial charge in [-0.25, -0.2) is 0 Å². The molecule has 0 spiro atoms. The maximum atomic E-state index is 12.7. The second kappa shape index (κ2) is 15.8. The Bertz CT molecular complexity index is 2070. The van der Waals surface area contributed by atoms with E-state index in [2.05, 4.69) is 102 Å². The summed E-state index contributed by atoms with van der Waals surface area (Å²) in [5.41, 5.74) is 7.77. The number of aromatic nitrogens is 1. The van der Waals surface area contributed by atoms with Crippen LogP contribution in [0.5, 0.6) is 0 Å². The van der Waals surface area contributed by atoms with Gasteiger partial charge in [-0.3, -0.25) is 14.7 Å². The first-order chi connectivity index (χ1) is 24.9. The molecule has 51 heavy (non-hydrogen) atoms. The molecule has 1 aliphatic heterocycles. The van der Waals surface area contributed by atoms with Crippen LogP contribution in [0.4, 0.5) is 0 Å². The molecule has 7 rings (SSSR count). The van der Waals surface area contributed by atoms with Crippen molar-refractivity contribution in [2.45, 2.75) is 51.0 Å². The minimum absolute atomic E-state index is 0.00394. The number of amides is 1. The third-order valence-electron chi connectivity index (χ3n) is 9.90. The van der Waals surface area contributed by atoms with E-state index < -0.39 is 6.29 Å². The third-order valence-corrected chi connectivity index (χ3v) is 9.90. The van der Waals surface area contributed by atoms with Crippen molar-refractivity contribution in [3.63, 3.8) is 0 Å². The van der Waals surface area contributed by atoms with Crippen LogP contribution in [-0.4, -0.2) is 40.6 Å². The Morgan fingerprint density at radius 3 is 2.37 bits per heavy atom. The molecule has 7 nitrogen and oxygen atoms in total. The van der Waals surface area contributed by atoms with Crippen molar-refractivity contribution >= 4 is 16.7 Å². The van der Waals surface area contributed by atoms with Crippen molar-refractivity contribution < 1.29 is 19.4 Å². The average molecular weight is 678 g/mol. The summed E-state index contributed by atoms with van der Waals surface area (Å²) >= 11 is 0. The van der Waals surface area contributed by atoms with Crippen molar-refractivity contribution in [3.05, 3.63) is 173 Å². The van der Waals surface area contributed by atoms with E-state index in [9.17, 15) is 9.90 Å². The summed E-state index contributed by atoms with van der Waals surface area (Å²) in [5, 5.41) is 15.1. The molecule has 2 heterocycles. The fraction of sp³-hybridized carbons (Fsp3) is 0.227. The summed E-state index contributed by atoms with van der Waals surface area (Å²) in [6, 6.07) is 43.3. The van der Waals surface area contributed by atoms with Crippen molar-refractivity contribution in [2.24, 2.45) is 0 Å². The number of ether oxygens (including phenoxy) is 2. The van der Waals surface area contributed by atoms with Gasteiger partial charge in [-0.1, -0.05) is 109 Å². The molecule has 1 amide bonds. The summed E-state index contributed by atoms with van der Waals surface area (Å²) in [5.74, 6) is -0.160. The Morgan fingerprint density at radius 2 is 1.61 bits per heavy atom. The van der Waals surface area contributed by atoms with E-state index in [1.54, 1.807) is 24.5 Å². The van der Waals surface area contributed by atoms with Crippen molar-refractivity contribution in [1.29, 1.82) is 0 Å². The molecule has 7 heteroatoms. The van der Waals surface area contributed by atoms with Gasteiger partial charge in [-0.15, -0.1) is 0 Å². The Morgan fingerprint density at radius 1 is 0.863 bits per heavy atom. The number of hydrogen-bond acceptors (Lipinski definition) is 6. The van der Waals surface area contributed by atoms with Crippen LogP contribution in [0, 0.1) is 0 Å². The number of benzene rings is 5. The maximum Gasteiger partial charge on any atom is 0.253 e. The van der Waals surface area contributed by atoms with Crippen molar-refractivity contribution in [3.8, 4) is 11.1 Å². The number of nitrogens with zero attached hydrogens (tertiary/aromatic N) is 2. The van der Waals surface area contributed by atoms with Crippen LogP contribution in [0.2, 0.25) is 0 Å². The highest BCUT2D eigenvalue weighted by Crippen LogP contribution is 2.39. The lowest BCUT2D eigenvalue weighted by molar-refractivity contribution is -0.253. The second-order valence-corrected chi connectivity index (χ2v) is 13.3. The van der Waals surface area contributed by atoms with Crippen molar-refractivity contribution in [1.82, 2.24) is 15.2 Å². The fourth-order valence-electron chi connectivity index (χ4n) is 6.78. The average Bonchev–Trinajstić information content (AvgIpc) is 3.19. The highest BCUT2D eigenvalue weighted by Gasteiger charge is 2.33. The number of carbonyl (C=O) groups is 1. The van der Waals surface area contributed by atoms with Crippen LogP contribution in [-0.2, 0) is 22.6 Å². The van der Waals surface area contributed by atoms with Crippen LogP contribution in [0.25, 0.3) is 21.9 Å². The summed E-state index contributed by atoms with van der Waals surface area (Å²) in [7, 11) is 2.16. The molecule has 1 aromatic heterocycles. The molecule has 1 aliphatic rings. The van der Waals surface area contributed by atoms with Gasteiger partial charge in [0.15, 0.2) is 6.29 Å². The molecule has 0 unspecified atom stereocenters. The Hall–Kier alpha value is -5.18. The van der Waals surface area contributed by atoms with Gasteiger partial charge in [0.2, 0.25) is 0 Å². The first-order valence-corrected chi connectivity index (χ1v) is 17.5. The molecule has 0 bridgehead atoms. The van der Waals surface area contributed by atoms with E-state index in [0.717, 1.165) is 39.9 Å². The molecule has 6 aromatic rings. The van der Waals surface area contributed by atoms with Gasteiger partial charge in [0.1, 0.15) is 0 Å². The summed E-state index contributed by atoms with van der Waals surface area (Å²) in [6.07, 6.45) is 3.12. The highest BCUT2D eigenvalue weighted by atomic mass is 16.7. The van der Waals surface area contributed by atoms with Crippen LogP contribution in [0.3, 0.4) is 0 Å². The number of hydrogen-bond donors (Lipinski definition) is 2. The molecule has 4 atom stereocenters. The van der Waals surface area contributed by atoms with Gasteiger partial charge in [-0.2, -0.15) is 0 Å². The zero-order valence-corrected chi connectivity index (χ0v) is 29.0. The van der Waals surface area contributed by atoms with Gasteiger partial charge in [0.25, 0.3) is 5.91 Å². The quantitative estimate of drug-likeness (QED) is 0.143. The van der Waals surface area contributed by atoms with Gasteiger partial charge < -0.3 is 19.9 Å². The first-order valence-electron chi connectivity index (χ1n) is 17.5. The zero-order valence-electron chi connectivity index (χ0n) is 29.0. The van der Waals surface area contributed by atoms with E-state index in [4.69, 9.17) is 9.47 Å². The second-order valence-electron chi connectivity index (χ2n) is 13.3. The normalized spacial score (nSPS) is 18.1. The molecule has 2 N–H and O–H groups in total. The summed E-state index contributed by atoms with van der Waals surface area (Å²) < 4.78 is 13.4. The minimum Gasteiger partial charge on any atom is -0.392 e. The maximum absolute atomic E-state index is 12.7. The molecular formula is C44H43N3O4. The molecule has 5 aromatic carbocycles. The molecular weight excluding hydrogens is 635 g/mol.